The average Bonchev–Trinajstić information content (AvgIpc) is 1.76. The monoisotopic (exact) mass is 89.0 g/mol. The molecule has 1 radical (unpaired) electrons. The number of nitrogens with zero attached hydrogens (tertiary/aromatic N) is 1. The molecular weight excluding hydrogens is 88.1 g/mol. The molecule has 1 heterocycles. The molecule has 0 aromatic heterocycles. The van der Waals surface area contributed by atoms with E-state index in [1.165, 1.54) is 0 Å². The SMILES string of the molecule is [C]1=NNSO1. The van der Waals surface area contributed by atoms with Gasteiger partial charge >= 0.3 is 6.40 Å². The van der Waals surface area contributed by atoms with E-state index in [4.69, 9.17) is 0 Å². The molecule has 0 aromatic rings. The normalized spacial score (nSPS) is 17.6. The Morgan fingerprint density at radius 3 is 3.20 bits per heavy atom. The minimum absolute atomic E-state index is 1.05. The van der Waals surface area contributed by atoms with Crippen LogP contribution in [0, 0.1) is 0 Å². The summed E-state index contributed by atoms with van der Waals surface area (Å²) in [4.78, 5) is 2.43. The molecule has 0 unspecified atom stereocenters. The van der Waals surface area contributed by atoms with Gasteiger partial charge in [0.2, 0.25) is 0 Å². The van der Waals surface area contributed by atoms with Crippen molar-refractivity contribution in [2.45, 2.75) is 0 Å². The van der Waals surface area contributed by atoms with Crippen molar-refractivity contribution in [3.8, 4) is 0 Å². The first-order valence-corrected chi connectivity index (χ1v) is 1.76. The highest BCUT2D eigenvalue weighted by molar-refractivity contribution is 7.93. The van der Waals surface area contributed by atoms with Gasteiger partial charge in [-0.05, 0) is 0 Å². The van der Waals surface area contributed by atoms with Gasteiger partial charge in [0.05, 0.1) is 0 Å². The highest BCUT2D eigenvalue weighted by atomic mass is 32.2. The highest BCUT2D eigenvalue weighted by Crippen LogP contribution is 1.96. The molecule has 0 bridgehead atoms. The summed E-state index contributed by atoms with van der Waals surface area (Å²) in [5, 5.41) is 3.32. The number of hydrogen-bond donors (Lipinski definition) is 1. The van der Waals surface area contributed by atoms with Crippen LogP contribution in [0.2, 0.25) is 0 Å². The van der Waals surface area contributed by atoms with Crippen molar-refractivity contribution in [1.82, 2.24) is 4.83 Å². The first-order valence-electron chi connectivity index (χ1n) is 1.02. The molecule has 0 saturated carbocycles. The van der Waals surface area contributed by atoms with Gasteiger partial charge in [0.15, 0.2) is 12.2 Å². The lowest BCUT2D eigenvalue weighted by Gasteiger charge is -1.73. The van der Waals surface area contributed by atoms with Gasteiger partial charge in [-0.15, -0.1) is 5.10 Å². The summed E-state index contributed by atoms with van der Waals surface area (Å²) in [6.07, 6.45) is 2.20. The minimum Gasteiger partial charge on any atom is -0.376 e. The molecule has 4 heteroatoms. The second-order valence-corrected chi connectivity index (χ2v) is 0.977. The van der Waals surface area contributed by atoms with Gasteiger partial charge in [0, 0.05) is 0 Å². The molecule has 0 saturated heterocycles. The highest BCUT2D eigenvalue weighted by Gasteiger charge is 1.87. The third-order valence-electron chi connectivity index (χ3n) is 0.207. The molecule has 3 nitrogen and oxygen atoms in total. The molecule has 0 aromatic carbocycles. The fourth-order valence-corrected chi connectivity index (χ4v) is 0.280. The number of nitrogens with one attached hydrogen (secondary N) is 1. The van der Waals surface area contributed by atoms with Gasteiger partial charge in [-0.3, -0.25) is 0 Å². The Kier molecular flexibility index (Phi) is 0.660. The molecule has 1 aliphatic heterocycles. The minimum atomic E-state index is 1.05. The lowest BCUT2D eigenvalue weighted by Crippen LogP contribution is -1.77. The molecule has 0 aliphatic carbocycles. The Labute approximate surface area is 33.7 Å². The van der Waals surface area contributed by atoms with Crippen LogP contribution in [0.5, 0.6) is 0 Å². The lowest BCUT2D eigenvalue weighted by molar-refractivity contribution is 0.690. The van der Waals surface area contributed by atoms with E-state index in [-0.39, 0.29) is 0 Å². The van der Waals surface area contributed by atoms with Gasteiger partial charge in [-0.2, -0.15) is 0 Å². The number of hydrogen-bond acceptors (Lipinski definition) is 4. The molecule has 0 fully saturated rings. The van der Waals surface area contributed by atoms with Crippen molar-refractivity contribution in [1.29, 1.82) is 0 Å². The van der Waals surface area contributed by atoms with E-state index in [2.05, 4.69) is 20.5 Å². The summed E-state index contributed by atoms with van der Waals surface area (Å²) in [5.41, 5.74) is 0. The molecule has 1 aliphatic rings. The lowest BCUT2D eigenvalue weighted by atomic mass is 11.5. The Balaban J connectivity index is 2.32. The largest absolute Gasteiger partial charge is 0.376 e. The average molecular weight is 89.1 g/mol. The van der Waals surface area contributed by atoms with E-state index < -0.39 is 0 Å². The summed E-state index contributed by atoms with van der Waals surface area (Å²) < 4.78 is 4.33. The van der Waals surface area contributed by atoms with Crippen LogP contribution in [0.1, 0.15) is 0 Å². The number of rotatable bonds is 0. The zero-order valence-electron chi connectivity index (χ0n) is 2.26. The molecule has 1 rings (SSSR count). The Morgan fingerprint density at radius 2 is 3.00 bits per heavy atom. The van der Waals surface area contributed by atoms with E-state index in [1.807, 2.05) is 0 Å². The second-order valence-electron chi connectivity index (χ2n) is 0.461. The molecule has 0 atom stereocenters. The van der Waals surface area contributed by atoms with Gasteiger partial charge in [-0.1, -0.05) is 0 Å². The summed E-state index contributed by atoms with van der Waals surface area (Å²) >= 11 is 1.05. The second kappa shape index (κ2) is 1.16. The topological polar surface area (TPSA) is 33.6 Å². The van der Waals surface area contributed by atoms with Crippen molar-refractivity contribution in [2.24, 2.45) is 5.10 Å². The van der Waals surface area contributed by atoms with E-state index in [0.29, 0.717) is 0 Å². The zero-order chi connectivity index (χ0) is 3.54. The summed E-state index contributed by atoms with van der Waals surface area (Å²) in [5.74, 6) is 0. The maximum absolute atomic E-state index is 4.33. The van der Waals surface area contributed by atoms with Crippen LogP contribution in [-0.4, -0.2) is 6.40 Å². The Bertz CT molecular complexity index is 47.6. The van der Waals surface area contributed by atoms with Crippen LogP contribution in [0.4, 0.5) is 0 Å². The van der Waals surface area contributed by atoms with Crippen LogP contribution >= 0.6 is 12.2 Å². The zero-order valence-corrected chi connectivity index (χ0v) is 3.08. The van der Waals surface area contributed by atoms with Crippen molar-refractivity contribution < 1.29 is 4.18 Å². The molecular formula is CHN2OS. The third-order valence-corrected chi connectivity index (χ3v) is 0.531. The summed E-state index contributed by atoms with van der Waals surface area (Å²) in [6.45, 7) is 0. The van der Waals surface area contributed by atoms with Gasteiger partial charge in [0.25, 0.3) is 0 Å². The van der Waals surface area contributed by atoms with Crippen molar-refractivity contribution in [3.63, 3.8) is 0 Å². The predicted molar refractivity (Wildman–Crippen MR) is 19.2 cm³/mol. The van der Waals surface area contributed by atoms with E-state index >= 15 is 0 Å². The smallest absolute Gasteiger partial charge is 0.312 e. The van der Waals surface area contributed by atoms with Crippen LogP contribution in [0.25, 0.3) is 0 Å². The molecule has 27 valence electrons. The Hall–Kier alpha value is -0.380. The number of hydrazone groups is 1. The molecule has 5 heavy (non-hydrogen) atoms. The fraction of sp³-hybridized carbons (Fsp3) is 0. The third kappa shape index (κ3) is 0.445. The van der Waals surface area contributed by atoms with Crippen LogP contribution in [0.3, 0.4) is 0 Å². The fourth-order valence-electron chi connectivity index (χ4n) is 0.0932. The van der Waals surface area contributed by atoms with E-state index in [1.54, 1.807) is 0 Å². The van der Waals surface area contributed by atoms with Gasteiger partial charge < -0.3 is 4.18 Å². The first kappa shape index (κ1) is 2.84. The maximum atomic E-state index is 4.33. The van der Waals surface area contributed by atoms with E-state index in [0.717, 1.165) is 12.2 Å². The standard InChI is InChI=1S/CHN2OS/c1-2-3-5-4-1/h3H. The first-order chi connectivity index (χ1) is 2.50. The van der Waals surface area contributed by atoms with Crippen molar-refractivity contribution >= 4 is 18.6 Å². The van der Waals surface area contributed by atoms with E-state index in [9.17, 15) is 0 Å². The summed E-state index contributed by atoms with van der Waals surface area (Å²) in [7, 11) is 0. The van der Waals surface area contributed by atoms with Gasteiger partial charge in [-0.25, -0.2) is 4.83 Å². The summed E-state index contributed by atoms with van der Waals surface area (Å²) in [6, 6.07) is 0. The van der Waals surface area contributed by atoms with Crippen LogP contribution in [-0.2, 0) is 4.18 Å². The molecule has 1 N–H and O–H groups in total. The van der Waals surface area contributed by atoms with Crippen molar-refractivity contribution in [3.05, 3.63) is 0 Å². The molecule has 0 amide bonds. The van der Waals surface area contributed by atoms with Crippen molar-refractivity contribution in [2.75, 3.05) is 0 Å². The van der Waals surface area contributed by atoms with Crippen LogP contribution in [0.15, 0.2) is 5.10 Å². The molecule has 0 spiro atoms. The predicted octanol–water partition coefficient (Wildman–Crippen LogP) is -0.0103. The van der Waals surface area contributed by atoms with Gasteiger partial charge in [0.1, 0.15) is 0 Å². The Morgan fingerprint density at radius 1 is 2.00 bits per heavy atom. The quantitative estimate of drug-likeness (QED) is 0.335. The van der Waals surface area contributed by atoms with Crippen LogP contribution < -0.4 is 4.83 Å². The maximum Gasteiger partial charge on any atom is 0.312 e.